The van der Waals surface area contributed by atoms with E-state index in [1.54, 1.807) is 0 Å². The molecule has 0 aromatic heterocycles. The zero-order valence-corrected chi connectivity index (χ0v) is 12.3. The van der Waals surface area contributed by atoms with Gasteiger partial charge in [0.2, 0.25) is 0 Å². The molecule has 0 spiro atoms. The van der Waals surface area contributed by atoms with Crippen LogP contribution in [0.1, 0.15) is 0 Å². The van der Waals surface area contributed by atoms with Crippen LogP contribution in [0.3, 0.4) is 0 Å². The fourth-order valence-corrected chi connectivity index (χ4v) is 2.08. The molecule has 1 unspecified atom stereocenters. The number of ether oxygens (including phenoxy) is 2. The summed E-state index contributed by atoms with van der Waals surface area (Å²) >= 11 is 5.81. The van der Waals surface area contributed by atoms with Gasteiger partial charge in [-0.15, -0.1) is 12.4 Å². The van der Waals surface area contributed by atoms with Crippen molar-refractivity contribution < 1.29 is 9.47 Å². The van der Waals surface area contributed by atoms with Gasteiger partial charge in [0.15, 0.2) is 0 Å². The van der Waals surface area contributed by atoms with Crippen molar-refractivity contribution in [1.29, 1.82) is 0 Å². The third-order valence-corrected chi connectivity index (χ3v) is 3.23. The molecule has 1 saturated heterocycles. The predicted molar refractivity (Wildman–Crippen MR) is 79.4 cm³/mol. The molecule has 1 atom stereocenters. The van der Waals surface area contributed by atoms with Crippen LogP contribution in [0, 0.1) is 0 Å². The van der Waals surface area contributed by atoms with E-state index in [9.17, 15) is 0 Å². The van der Waals surface area contributed by atoms with Gasteiger partial charge in [0.25, 0.3) is 0 Å². The van der Waals surface area contributed by atoms with Crippen LogP contribution >= 0.6 is 24.0 Å². The molecule has 1 aromatic rings. The number of rotatable bonds is 5. The lowest BCUT2D eigenvalue weighted by molar-refractivity contribution is -0.0261. The third-order valence-electron chi connectivity index (χ3n) is 2.98. The highest BCUT2D eigenvalue weighted by atomic mass is 35.5. The van der Waals surface area contributed by atoms with Crippen LogP contribution < -0.4 is 10.5 Å². The molecule has 6 heteroatoms. The first-order valence-corrected chi connectivity index (χ1v) is 6.58. The standard InChI is InChI=1S/C13H19ClN2O2.ClH/c14-11-1-3-12(4-2-11)17-7-5-16-6-8-18-13(9-15)10-16;/h1-4,13H,5-10,15H2;1H. The second-order valence-corrected chi connectivity index (χ2v) is 4.77. The Hall–Kier alpha value is -0.520. The molecule has 2 rings (SSSR count). The number of nitrogens with zero attached hydrogens (tertiary/aromatic N) is 1. The Bertz CT molecular complexity index is 362. The maximum absolute atomic E-state index is 5.81. The molecule has 0 saturated carbocycles. The van der Waals surface area contributed by atoms with Gasteiger partial charge in [-0.2, -0.15) is 0 Å². The highest BCUT2D eigenvalue weighted by Gasteiger charge is 2.18. The van der Waals surface area contributed by atoms with E-state index in [0.717, 1.165) is 37.0 Å². The highest BCUT2D eigenvalue weighted by molar-refractivity contribution is 6.30. The molecule has 1 fully saturated rings. The minimum Gasteiger partial charge on any atom is -0.492 e. The Labute approximate surface area is 125 Å². The molecule has 1 heterocycles. The fourth-order valence-electron chi connectivity index (χ4n) is 1.95. The van der Waals surface area contributed by atoms with Gasteiger partial charge in [-0.1, -0.05) is 11.6 Å². The van der Waals surface area contributed by atoms with E-state index < -0.39 is 0 Å². The lowest BCUT2D eigenvalue weighted by Crippen LogP contribution is -2.46. The average Bonchev–Trinajstić information content (AvgIpc) is 2.41. The van der Waals surface area contributed by atoms with E-state index in [0.29, 0.717) is 13.2 Å². The van der Waals surface area contributed by atoms with Crippen molar-refractivity contribution in [3.63, 3.8) is 0 Å². The molecule has 4 nitrogen and oxygen atoms in total. The number of halogens is 2. The van der Waals surface area contributed by atoms with Gasteiger partial charge in [0, 0.05) is 31.2 Å². The summed E-state index contributed by atoms with van der Waals surface area (Å²) in [6, 6.07) is 7.42. The van der Waals surface area contributed by atoms with Gasteiger partial charge in [0.1, 0.15) is 12.4 Å². The average molecular weight is 307 g/mol. The van der Waals surface area contributed by atoms with E-state index in [4.69, 9.17) is 26.8 Å². The van der Waals surface area contributed by atoms with Gasteiger partial charge >= 0.3 is 0 Å². The quantitative estimate of drug-likeness (QED) is 0.901. The minimum absolute atomic E-state index is 0. The molecule has 0 amide bonds. The molecule has 19 heavy (non-hydrogen) atoms. The largest absolute Gasteiger partial charge is 0.492 e. The second kappa shape index (κ2) is 8.61. The lowest BCUT2D eigenvalue weighted by Gasteiger charge is -2.32. The summed E-state index contributed by atoms with van der Waals surface area (Å²) in [7, 11) is 0. The molecule has 108 valence electrons. The normalized spacial score (nSPS) is 19.8. The lowest BCUT2D eigenvalue weighted by atomic mass is 10.3. The Morgan fingerprint density at radius 2 is 2.11 bits per heavy atom. The zero-order chi connectivity index (χ0) is 12.8. The summed E-state index contributed by atoms with van der Waals surface area (Å²) in [6.45, 7) is 4.72. The molecule has 0 bridgehead atoms. The van der Waals surface area contributed by atoms with Gasteiger partial charge in [-0.05, 0) is 24.3 Å². The molecule has 2 N–H and O–H groups in total. The van der Waals surface area contributed by atoms with Crippen LogP contribution in [0.2, 0.25) is 5.02 Å². The zero-order valence-electron chi connectivity index (χ0n) is 10.8. The Kier molecular flexibility index (Phi) is 7.49. The van der Waals surface area contributed by atoms with Crippen molar-refractivity contribution >= 4 is 24.0 Å². The van der Waals surface area contributed by atoms with Crippen molar-refractivity contribution in [1.82, 2.24) is 4.90 Å². The summed E-state index contributed by atoms with van der Waals surface area (Å²) < 4.78 is 11.2. The minimum atomic E-state index is 0. The van der Waals surface area contributed by atoms with Crippen LogP contribution in [0.5, 0.6) is 5.75 Å². The monoisotopic (exact) mass is 306 g/mol. The van der Waals surface area contributed by atoms with Crippen LogP contribution in [-0.4, -0.2) is 50.4 Å². The number of hydrogen-bond acceptors (Lipinski definition) is 4. The SMILES string of the molecule is Cl.NCC1CN(CCOc2ccc(Cl)cc2)CCO1. The highest BCUT2D eigenvalue weighted by Crippen LogP contribution is 2.15. The van der Waals surface area contributed by atoms with E-state index >= 15 is 0 Å². The third kappa shape index (κ3) is 5.55. The summed E-state index contributed by atoms with van der Waals surface area (Å²) in [4.78, 5) is 2.32. The van der Waals surface area contributed by atoms with E-state index in [1.807, 2.05) is 24.3 Å². The Balaban J connectivity index is 0.00000180. The van der Waals surface area contributed by atoms with Crippen molar-refractivity contribution in [3.05, 3.63) is 29.3 Å². The van der Waals surface area contributed by atoms with Crippen LogP contribution in [0.4, 0.5) is 0 Å². The van der Waals surface area contributed by atoms with E-state index in [-0.39, 0.29) is 18.5 Å². The first kappa shape index (κ1) is 16.5. The van der Waals surface area contributed by atoms with Crippen molar-refractivity contribution in [2.75, 3.05) is 39.4 Å². The summed E-state index contributed by atoms with van der Waals surface area (Å²) in [5, 5.41) is 0.723. The number of hydrogen-bond donors (Lipinski definition) is 1. The summed E-state index contributed by atoms with van der Waals surface area (Å²) in [5.41, 5.74) is 5.60. The second-order valence-electron chi connectivity index (χ2n) is 4.33. The maximum Gasteiger partial charge on any atom is 0.119 e. The van der Waals surface area contributed by atoms with Crippen molar-refractivity contribution in [2.45, 2.75) is 6.10 Å². The maximum atomic E-state index is 5.81. The van der Waals surface area contributed by atoms with Crippen LogP contribution in [0.25, 0.3) is 0 Å². The molecule has 1 aliphatic rings. The Morgan fingerprint density at radius 1 is 1.37 bits per heavy atom. The van der Waals surface area contributed by atoms with Gasteiger partial charge in [-0.25, -0.2) is 0 Å². The molecular formula is C13H20Cl2N2O2. The molecule has 0 aliphatic carbocycles. The number of nitrogens with two attached hydrogens (primary N) is 1. The molecule has 0 radical (unpaired) electrons. The van der Waals surface area contributed by atoms with Gasteiger partial charge < -0.3 is 15.2 Å². The van der Waals surface area contributed by atoms with Crippen molar-refractivity contribution in [2.24, 2.45) is 5.73 Å². The molecular weight excluding hydrogens is 287 g/mol. The Morgan fingerprint density at radius 3 is 2.79 bits per heavy atom. The van der Waals surface area contributed by atoms with Crippen LogP contribution in [0.15, 0.2) is 24.3 Å². The first-order chi connectivity index (χ1) is 8.78. The molecule has 1 aromatic carbocycles. The topological polar surface area (TPSA) is 47.7 Å². The van der Waals surface area contributed by atoms with Gasteiger partial charge in [0.05, 0.1) is 12.7 Å². The smallest absolute Gasteiger partial charge is 0.119 e. The van der Waals surface area contributed by atoms with Gasteiger partial charge in [-0.3, -0.25) is 4.90 Å². The van der Waals surface area contributed by atoms with E-state index in [1.165, 1.54) is 0 Å². The number of morpholine rings is 1. The predicted octanol–water partition coefficient (Wildman–Crippen LogP) is 1.80. The first-order valence-electron chi connectivity index (χ1n) is 6.20. The van der Waals surface area contributed by atoms with Crippen molar-refractivity contribution in [3.8, 4) is 5.75 Å². The van der Waals surface area contributed by atoms with Crippen LogP contribution in [-0.2, 0) is 4.74 Å². The summed E-state index contributed by atoms with van der Waals surface area (Å²) in [6.07, 6.45) is 0.161. The van der Waals surface area contributed by atoms with E-state index in [2.05, 4.69) is 4.90 Å². The summed E-state index contributed by atoms with van der Waals surface area (Å²) in [5.74, 6) is 0.850. The fraction of sp³-hybridized carbons (Fsp3) is 0.538. The molecule has 1 aliphatic heterocycles. The number of benzene rings is 1.